The van der Waals surface area contributed by atoms with E-state index >= 15 is 0 Å². The van der Waals surface area contributed by atoms with Crippen molar-refractivity contribution in [3.05, 3.63) is 120 Å². The van der Waals surface area contributed by atoms with Crippen molar-refractivity contribution in [3.8, 4) is 22.6 Å². The van der Waals surface area contributed by atoms with Crippen molar-refractivity contribution in [2.45, 2.75) is 0 Å². The fourth-order valence-corrected chi connectivity index (χ4v) is 3.33. The number of hydrogen-bond donors (Lipinski definition) is 1. The maximum atomic E-state index is 12.5. The number of rotatable bonds is 9. The van der Waals surface area contributed by atoms with E-state index in [4.69, 9.17) is 9.47 Å². The Bertz CT molecular complexity index is 1300. The number of ketones is 1. The molecule has 1 N–H and O–H groups in total. The average Bonchev–Trinajstić information content (AvgIpc) is 2.93. The number of nitrogens with one attached hydrogen (secondary N) is 1. The van der Waals surface area contributed by atoms with Crippen molar-refractivity contribution in [2.24, 2.45) is 5.10 Å². The topological polar surface area (TPSA) is 77.0 Å². The molecular formula is C29H24N2O4. The monoisotopic (exact) mass is 464 g/mol. The van der Waals surface area contributed by atoms with Gasteiger partial charge in [0.25, 0.3) is 5.91 Å². The van der Waals surface area contributed by atoms with Gasteiger partial charge in [0.15, 0.2) is 12.4 Å². The summed E-state index contributed by atoms with van der Waals surface area (Å²) in [5.41, 5.74) is 6.49. The molecule has 0 bridgehead atoms. The van der Waals surface area contributed by atoms with Crippen LogP contribution in [-0.2, 0) is 0 Å². The van der Waals surface area contributed by atoms with Gasteiger partial charge in [-0.1, -0.05) is 54.6 Å². The summed E-state index contributed by atoms with van der Waals surface area (Å²) in [5.74, 6) is 0.823. The Kier molecular flexibility index (Phi) is 7.66. The maximum absolute atomic E-state index is 12.5. The molecule has 0 spiro atoms. The second kappa shape index (κ2) is 11.4. The second-order valence-corrected chi connectivity index (χ2v) is 7.65. The molecule has 0 fully saturated rings. The van der Waals surface area contributed by atoms with Gasteiger partial charge in [0, 0.05) is 11.1 Å². The number of hydrogen-bond acceptors (Lipinski definition) is 5. The van der Waals surface area contributed by atoms with Crippen LogP contribution in [0.5, 0.6) is 11.5 Å². The summed E-state index contributed by atoms with van der Waals surface area (Å²) in [5, 5.41) is 3.98. The first-order valence-corrected chi connectivity index (χ1v) is 11.0. The predicted octanol–water partition coefficient (Wildman–Crippen LogP) is 5.39. The van der Waals surface area contributed by atoms with Gasteiger partial charge in [0.05, 0.1) is 13.3 Å². The number of nitrogens with zero attached hydrogens (tertiary/aromatic N) is 1. The first kappa shape index (κ1) is 23.4. The highest BCUT2D eigenvalue weighted by Crippen LogP contribution is 2.20. The Balaban J connectivity index is 1.26. The van der Waals surface area contributed by atoms with Gasteiger partial charge >= 0.3 is 0 Å². The molecule has 4 aromatic carbocycles. The third-order valence-electron chi connectivity index (χ3n) is 5.30. The molecular weight excluding hydrogens is 440 g/mol. The van der Waals surface area contributed by atoms with Crippen LogP contribution in [0, 0.1) is 0 Å². The number of ether oxygens (including phenoxy) is 2. The molecule has 1 amide bonds. The van der Waals surface area contributed by atoms with E-state index in [0.717, 1.165) is 16.7 Å². The zero-order chi connectivity index (χ0) is 24.5. The van der Waals surface area contributed by atoms with Crippen LogP contribution in [0.4, 0.5) is 0 Å². The number of methoxy groups -OCH3 is 1. The molecule has 4 rings (SSSR count). The molecule has 0 unspecified atom stereocenters. The van der Waals surface area contributed by atoms with E-state index in [2.05, 4.69) is 10.5 Å². The Morgan fingerprint density at radius 2 is 1.34 bits per heavy atom. The molecule has 6 nitrogen and oxygen atoms in total. The largest absolute Gasteiger partial charge is 0.497 e. The summed E-state index contributed by atoms with van der Waals surface area (Å²) in [6.07, 6.45) is 1.53. The average molecular weight is 465 g/mol. The van der Waals surface area contributed by atoms with E-state index < -0.39 is 0 Å². The maximum Gasteiger partial charge on any atom is 0.271 e. The van der Waals surface area contributed by atoms with Gasteiger partial charge in [-0.3, -0.25) is 9.59 Å². The lowest BCUT2D eigenvalue weighted by Gasteiger charge is -2.07. The minimum absolute atomic E-state index is 0.0595. The van der Waals surface area contributed by atoms with Gasteiger partial charge in [-0.15, -0.1) is 0 Å². The van der Waals surface area contributed by atoms with Gasteiger partial charge in [0.1, 0.15) is 11.5 Å². The third kappa shape index (κ3) is 6.42. The van der Waals surface area contributed by atoms with Crippen molar-refractivity contribution in [1.82, 2.24) is 5.43 Å². The van der Waals surface area contributed by atoms with Gasteiger partial charge < -0.3 is 9.47 Å². The van der Waals surface area contributed by atoms with Gasteiger partial charge in [0.2, 0.25) is 0 Å². The van der Waals surface area contributed by atoms with Crippen LogP contribution in [0.1, 0.15) is 26.3 Å². The Morgan fingerprint density at radius 3 is 2.00 bits per heavy atom. The zero-order valence-electron chi connectivity index (χ0n) is 19.2. The van der Waals surface area contributed by atoms with E-state index in [1.54, 1.807) is 55.6 Å². The number of carbonyl (C=O) groups excluding carboxylic acids is 2. The van der Waals surface area contributed by atoms with Crippen LogP contribution < -0.4 is 14.9 Å². The molecule has 6 heteroatoms. The smallest absolute Gasteiger partial charge is 0.271 e. The summed E-state index contributed by atoms with van der Waals surface area (Å²) in [7, 11) is 1.57. The molecule has 0 saturated heterocycles. The van der Waals surface area contributed by atoms with E-state index in [-0.39, 0.29) is 18.3 Å². The third-order valence-corrected chi connectivity index (χ3v) is 5.30. The summed E-state index contributed by atoms with van der Waals surface area (Å²) < 4.78 is 10.7. The molecule has 0 aliphatic heterocycles. The minimum atomic E-state index is -0.320. The van der Waals surface area contributed by atoms with E-state index in [1.165, 1.54) is 6.21 Å². The zero-order valence-corrected chi connectivity index (χ0v) is 19.2. The van der Waals surface area contributed by atoms with E-state index in [9.17, 15) is 9.59 Å². The normalized spacial score (nSPS) is 10.7. The molecule has 35 heavy (non-hydrogen) atoms. The fraction of sp³-hybridized carbons (Fsp3) is 0.0690. The highest BCUT2D eigenvalue weighted by Gasteiger charge is 2.08. The minimum Gasteiger partial charge on any atom is -0.497 e. The Hall–Kier alpha value is -4.71. The van der Waals surface area contributed by atoms with Crippen LogP contribution in [0.2, 0.25) is 0 Å². The van der Waals surface area contributed by atoms with Crippen molar-refractivity contribution in [2.75, 3.05) is 13.7 Å². The standard InChI is InChI=1S/C29H24N2O4/c1-34-26-17-13-25(14-18-26)29(33)31-30-19-21-7-15-27(16-8-21)35-20-28(32)24-11-9-23(10-12-24)22-5-3-2-4-6-22/h2-19H,20H2,1H3,(H,31,33)/b30-19+. The molecule has 0 aliphatic rings. The number of benzene rings is 4. The highest BCUT2D eigenvalue weighted by atomic mass is 16.5. The Labute approximate surface area is 203 Å². The number of amides is 1. The summed E-state index contributed by atoms with van der Waals surface area (Å²) in [6, 6.07) is 31.3. The molecule has 0 atom stereocenters. The van der Waals surface area contributed by atoms with Gasteiger partial charge in [-0.2, -0.15) is 5.10 Å². The Morgan fingerprint density at radius 1 is 0.743 bits per heavy atom. The van der Waals surface area contributed by atoms with E-state index in [0.29, 0.717) is 22.6 Å². The predicted molar refractivity (Wildman–Crippen MR) is 136 cm³/mol. The molecule has 0 aliphatic carbocycles. The molecule has 0 heterocycles. The molecule has 174 valence electrons. The quantitative estimate of drug-likeness (QED) is 0.205. The summed E-state index contributed by atoms with van der Waals surface area (Å²) >= 11 is 0. The van der Waals surface area contributed by atoms with Crippen molar-refractivity contribution in [1.29, 1.82) is 0 Å². The lowest BCUT2D eigenvalue weighted by Crippen LogP contribution is -2.17. The fourth-order valence-electron chi connectivity index (χ4n) is 3.33. The highest BCUT2D eigenvalue weighted by molar-refractivity contribution is 5.97. The van der Waals surface area contributed by atoms with Crippen molar-refractivity contribution < 1.29 is 19.1 Å². The van der Waals surface area contributed by atoms with Crippen LogP contribution in [0.3, 0.4) is 0 Å². The van der Waals surface area contributed by atoms with Crippen LogP contribution >= 0.6 is 0 Å². The van der Waals surface area contributed by atoms with Gasteiger partial charge in [-0.05, 0) is 65.2 Å². The lowest BCUT2D eigenvalue weighted by atomic mass is 10.0. The second-order valence-electron chi connectivity index (χ2n) is 7.65. The molecule has 0 aromatic heterocycles. The number of Topliss-reactive ketones (excluding diaryl/α,β-unsaturated/α-hetero) is 1. The molecule has 0 saturated carbocycles. The lowest BCUT2D eigenvalue weighted by molar-refractivity contribution is 0.0920. The first-order valence-electron chi connectivity index (χ1n) is 11.0. The summed E-state index contributed by atoms with van der Waals surface area (Å²) in [6.45, 7) is -0.0595. The van der Waals surface area contributed by atoms with Gasteiger partial charge in [-0.25, -0.2) is 5.43 Å². The van der Waals surface area contributed by atoms with Crippen molar-refractivity contribution >= 4 is 17.9 Å². The number of carbonyl (C=O) groups is 2. The van der Waals surface area contributed by atoms with E-state index in [1.807, 2.05) is 54.6 Å². The number of hydrazone groups is 1. The molecule has 0 radical (unpaired) electrons. The van der Waals surface area contributed by atoms with Crippen LogP contribution in [-0.4, -0.2) is 31.6 Å². The SMILES string of the molecule is COc1ccc(C(=O)N/N=C/c2ccc(OCC(=O)c3ccc(-c4ccccc4)cc3)cc2)cc1. The van der Waals surface area contributed by atoms with Crippen molar-refractivity contribution in [3.63, 3.8) is 0 Å². The van der Waals surface area contributed by atoms with Crippen LogP contribution in [0.15, 0.2) is 108 Å². The first-order chi connectivity index (χ1) is 17.1. The summed E-state index contributed by atoms with van der Waals surface area (Å²) in [4.78, 5) is 24.6. The molecule has 4 aromatic rings. The van der Waals surface area contributed by atoms with Crippen LogP contribution in [0.25, 0.3) is 11.1 Å².